The number of nitrogens with one attached hydrogen (secondary N) is 1. The molecule has 0 aliphatic carbocycles. The first-order chi connectivity index (χ1) is 8.31. The zero-order chi connectivity index (χ0) is 13.9. The smallest absolute Gasteiger partial charge is 0.253 e. The summed E-state index contributed by atoms with van der Waals surface area (Å²) in [4.78, 5) is 16.3. The van der Waals surface area contributed by atoms with Crippen molar-refractivity contribution in [3.8, 4) is 0 Å². The quantitative estimate of drug-likeness (QED) is 0.846. The number of likely N-dealkylation sites (N-methyl/N-ethyl adjacent to an activating group) is 1. The van der Waals surface area contributed by atoms with Gasteiger partial charge in [0.2, 0.25) is 0 Å². The lowest BCUT2D eigenvalue weighted by atomic mass is 9.98. The van der Waals surface area contributed by atoms with Crippen LogP contribution in [0.5, 0.6) is 0 Å². The molecule has 0 spiro atoms. The largest absolute Gasteiger partial charge is 0.377 e. The topological polar surface area (TPSA) is 56.2 Å². The highest BCUT2D eigenvalue weighted by Crippen LogP contribution is 2.15. The highest BCUT2D eigenvalue weighted by molar-refractivity contribution is 5.02. The first-order valence-corrected chi connectivity index (χ1v) is 6.09. The van der Waals surface area contributed by atoms with Crippen molar-refractivity contribution in [1.29, 1.82) is 0 Å². The van der Waals surface area contributed by atoms with Gasteiger partial charge in [-0.05, 0) is 34.7 Å². The number of rotatable bonds is 5. The molecule has 5 nitrogen and oxygen atoms in total. The van der Waals surface area contributed by atoms with Crippen molar-refractivity contribution in [3.63, 3.8) is 0 Å². The Morgan fingerprint density at radius 2 is 2.11 bits per heavy atom. The Kier molecular flexibility index (Phi) is 4.65. The molecule has 1 atom stereocenters. The third-order valence-electron chi connectivity index (χ3n) is 3.41. The van der Waals surface area contributed by atoms with E-state index in [1.807, 2.05) is 34.7 Å². The third-order valence-corrected chi connectivity index (χ3v) is 3.41. The van der Waals surface area contributed by atoms with Crippen LogP contribution in [0, 0.1) is 13.8 Å². The van der Waals surface area contributed by atoms with Crippen molar-refractivity contribution >= 4 is 0 Å². The Morgan fingerprint density at radius 1 is 1.50 bits per heavy atom. The Hall–Kier alpha value is -1.20. The molecule has 1 unspecified atom stereocenters. The lowest BCUT2D eigenvalue weighted by Gasteiger charge is -2.33. The molecule has 0 aliphatic heterocycles. The van der Waals surface area contributed by atoms with E-state index in [2.05, 4.69) is 10.3 Å². The van der Waals surface area contributed by atoms with Gasteiger partial charge in [-0.25, -0.2) is 4.98 Å². The molecule has 0 aliphatic rings. The summed E-state index contributed by atoms with van der Waals surface area (Å²) in [5.74, 6) is 0.729. The summed E-state index contributed by atoms with van der Waals surface area (Å²) in [6.07, 6.45) is 0. The van der Waals surface area contributed by atoms with Gasteiger partial charge in [0.15, 0.2) is 0 Å². The average molecular weight is 253 g/mol. The van der Waals surface area contributed by atoms with Gasteiger partial charge in [0, 0.05) is 25.4 Å². The molecule has 1 aromatic rings. The maximum absolute atomic E-state index is 12.0. The van der Waals surface area contributed by atoms with Crippen LogP contribution >= 0.6 is 0 Å². The van der Waals surface area contributed by atoms with Crippen LogP contribution in [0.4, 0.5) is 0 Å². The van der Waals surface area contributed by atoms with Gasteiger partial charge in [0.25, 0.3) is 5.56 Å². The summed E-state index contributed by atoms with van der Waals surface area (Å²) in [6, 6.07) is 1.59. The van der Waals surface area contributed by atoms with Crippen molar-refractivity contribution in [2.45, 2.75) is 45.9 Å². The van der Waals surface area contributed by atoms with E-state index in [-0.39, 0.29) is 17.2 Å². The molecule has 0 amide bonds. The Bertz CT molecular complexity index is 466. The van der Waals surface area contributed by atoms with Gasteiger partial charge < -0.3 is 10.1 Å². The van der Waals surface area contributed by atoms with Crippen molar-refractivity contribution in [3.05, 3.63) is 27.9 Å². The number of ether oxygens (including phenoxy) is 1. The number of nitrogens with zero attached hydrogens (tertiary/aromatic N) is 2. The van der Waals surface area contributed by atoms with Crippen LogP contribution in [-0.2, 0) is 11.3 Å². The molecule has 1 N–H and O–H groups in total. The second-order valence-electron chi connectivity index (χ2n) is 5.04. The van der Waals surface area contributed by atoms with Crippen LogP contribution < -0.4 is 10.9 Å². The number of hydrogen-bond donors (Lipinski definition) is 1. The minimum absolute atomic E-state index is 0.0212. The third kappa shape index (κ3) is 3.17. The van der Waals surface area contributed by atoms with E-state index in [0.717, 1.165) is 11.5 Å². The minimum atomic E-state index is -0.356. The molecule has 0 saturated carbocycles. The molecule has 0 aromatic carbocycles. The van der Waals surface area contributed by atoms with E-state index >= 15 is 0 Å². The number of hydrogen-bond acceptors (Lipinski definition) is 4. The van der Waals surface area contributed by atoms with Gasteiger partial charge in [0.1, 0.15) is 5.82 Å². The Morgan fingerprint density at radius 3 is 2.56 bits per heavy atom. The van der Waals surface area contributed by atoms with E-state index < -0.39 is 0 Å². The lowest BCUT2D eigenvalue weighted by molar-refractivity contribution is -0.0132. The van der Waals surface area contributed by atoms with Crippen molar-refractivity contribution < 1.29 is 4.74 Å². The SMILES string of the molecule is CNC(Cn1c(C)nc(C)cc1=O)C(C)(C)OC. The van der Waals surface area contributed by atoms with Gasteiger partial charge in [-0.1, -0.05) is 0 Å². The maximum Gasteiger partial charge on any atom is 0.253 e. The van der Waals surface area contributed by atoms with Gasteiger partial charge >= 0.3 is 0 Å². The zero-order valence-corrected chi connectivity index (χ0v) is 12.1. The molecule has 18 heavy (non-hydrogen) atoms. The predicted molar refractivity (Wildman–Crippen MR) is 71.9 cm³/mol. The Balaban J connectivity index is 3.07. The molecular formula is C13H23N3O2. The van der Waals surface area contributed by atoms with Crippen LogP contribution in [0.1, 0.15) is 25.4 Å². The lowest BCUT2D eigenvalue weighted by Crippen LogP contribution is -2.50. The summed E-state index contributed by atoms with van der Waals surface area (Å²) in [5, 5.41) is 3.20. The van der Waals surface area contributed by atoms with E-state index in [4.69, 9.17) is 4.74 Å². The van der Waals surface area contributed by atoms with Crippen LogP contribution in [0.15, 0.2) is 10.9 Å². The summed E-state index contributed by atoms with van der Waals surface area (Å²) in [7, 11) is 3.54. The van der Waals surface area contributed by atoms with Gasteiger partial charge in [-0.3, -0.25) is 9.36 Å². The standard InChI is InChI=1S/C13H23N3O2/c1-9-7-12(17)16(10(2)15-9)8-11(14-5)13(3,4)18-6/h7,11,14H,8H2,1-6H3. The summed E-state index contributed by atoms with van der Waals surface area (Å²) < 4.78 is 7.14. The summed E-state index contributed by atoms with van der Waals surface area (Å²) in [6.45, 7) is 8.20. The Labute approximate surface area is 108 Å². The minimum Gasteiger partial charge on any atom is -0.377 e. The van der Waals surface area contributed by atoms with E-state index in [9.17, 15) is 4.79 Å². The highest BCUT2D eigenvalue weighted by Gasteiger charge is 2.28. The molecule has 0 bridgehead atoms. The molecular weight excluding hydrogens is 230 g/mol. The maximum atomic E-state index is 12.0. The molecule has 0 saturated heterocycles. The first kappa shape index (κ1) is 14.9. The number of aromatic nitrogens is 2. The number of aryl methyl sites for hydroxylation is 2. The van der Waals surface area contributed by atoms with Crippen molar-refractivity contribution in [2.24, 2.45) is 0 Å². The van der Waals surface area contributed by atoms with E-state index in [1.54, 1.807) is 17.7 Å². The predicted octanol–water partition coefficient (Wildman–Crippen LogP) is 0.873. The molecule has 0 fully saturated rings. The normalized spacial score (nSPS) is 13.7. The average Bonchev–Trinajstić information content (AvgIpc) is 2.27. The molecule has 1 heterocycles. The highest BCUT2D eigenvalue weighted by atomic mass is 16.5. The fourth-order valence-corrected chi connectivity index (χ4v) is 1.97. The van der Waals surface area contributed by atoms with Crippen LogP contribution in [0.3, 0.4) is 0 Å². The molecule has 0 radical (unpaired) electrons. The van der Waals surface area contributed by atoms with Gasteiger partial charge in [-0.2, -0.15) is 0 Å². The van der Waals surface area contributed by atoms with E-state index in [1.165, 1.54) is 0 Å². The first-order valence-electron chi connectivity index (χ1n) is 6.09. The molecule has 102 valence electrons. The van der Waals surface area contributed by atoms with Crippen molar-refractivity contribution in [2.75, 3.05) is 14.2 Å². The number of methoxy groups -OCH3 is 1. The second kappa shape index (κ2) is 5.63. The molecule has 1 rings (SSSR count). The fraction of sp³-hybridized carbons (Fsp3) is 0.692. The zero-order valence-electron chi connectivity index (χ0n) is 12.1. The molecule has 5 heteroatoms. The second-order valence-corrected chi connectivity index (χ2v) is 5.04. The molecule has 1 aromatic heterocycles. The van der Waals surface area contributed by atoms with Crippen LogP contribution in [-0.4, -0.2) is 35.4 Å². The van der Waals surface area contributed by atoms with Gasteiger partial charge in [-0.15, -0.1) is 0 Å². The van der Waals surface area contributed by atoms with Gasteiger partial charge in [0.05, 0.1) is 11.6 Å². The van der Waals surface area contributed by atoms with Crippen LogP contribution in [0.2, 0.25) is 0 Å². The van der Waals surface area contributed by atoms with Crippen molar-refractivity contribution in [1.82, 2.24) is 14.9 Å². The fourth-order valence-electron chi connectivity index (χ4n) is 1.97. The summed E-state index contributed by atoms with van der Waals surface area (Å²) in [5.41, 5.74) is 0.374. The monoisotopic (exact) mass is 253 g/mol. The van der Waals surface area contributed by atoms with E-state index in [0.29, 0.717) is 6.54 Å². The summed E-state index contributed by atoms with van der Waals surface area (Å²) >= 11 is 0. The van der Waals surface area contributed by atoms with Crippen LogP contribution in [0.25, 0.3) is 0 Å².